The fourth-order valence-corrected chi connectivity index (χ4v) is 3.90. The van der Waals surface area contributed by atoms with Crippen LogP contribution in [-0.4, -0.2) is 21.4 Å². The molecule has 0 unspecified atom stereocenters. The first-order chi connectivity index (χ1) is 13.7. The zero-order chi connectivity index (χ0) is 19.5. The molecule has 0 atom stereocenters. The second-order valence-corrected chi connectivity index (χ2v) is 7.19. The highest BCUT2D eigenvalue weighted by atomic mass is 32.1. The number of rotatable bonds is 4. The molecule has 28 heavy (non-hydrogen) atoms. The number of amides is 2. The highest BCUT2D eigenvalue weighted by Crippen LogP contribution is 2.30. The fourth-order valence-electron chi connectivity index (χ4n) is 3.00. The first kappa shape index (κ1) is 17.9. The Morgan fingerprint density at radius 1 is 0.929 bits per heavy atom. The number of para-hydroxylation sites is 2. The number of aryl methyl sites for hydroxylation is 1. The molecule has 2 aromatic heterocycles. The van der Waals surface area contributed by atoms with Gasteiger partial charge in [0.05, 0.1) is 20.8 Å². The molecular formula is C21H18N4O2S. The van der Waals surface area contributed by atoms with Crippen molar-refractivity contribution in [1.82, 2.24) is 20.4 Å². The van der Waals surface area contributed by atoms with E-state index < -0.39 is 0 Å². The van der Waals surface area contributed by atoms with Crippen molar-refractivity contribution in [3.05, 3.63) is 77.2 Å². The van der Waals surface area contributed by atoms with Gasteiger partial charge in [0, 0.05) is 12.1 Å². The van der Waals surface area contributed by atoms with E-state index in [2.05, 4.69) is 22.3 Å². The molecule has 0 aliphatic rings. The molecule has 0 radical (unpaired) electrons. The minimum atomic E-state index is -0.362. The monoisotopic (exact) mass is 390 g/mol. The van der Waals surface area contributed by atoms with Crippen LogP contribution in [0.5, 0.6) is 0 Å². The first-order valence-corrected chi connectivity index (χ1v) is 9.70. The zero-order valence-electron chi connectivity index (χ0n) is 15.2. The van der Waals surface area contributed by atoms with Gasteiger partial charge in [-0.25, -0.2) is 4.98 Å². The second-order valence-electron chi connectivity index (χ2n) is 6.11. The third-order valence-electron chi connectivity index (χ3n) is 4.35. The molecule has 0 saturated heterocycles. The third kappa shape index (κ3) is 3.39. The van der Waals surface area contributed by atoms with Gasteiger partial charge in [-0.2, -0.15) is 0 Å². The Morgan fingerprint density at radius 2 is 1.64 bits per heavy atom. The van der Waals surface area contributed by atoms with E-state index in [9.17, 15) is 9.59 Å². The van der Waals surface area contributed by atoms with Crippen LogP contribution < -0.4 is 10.9 Å². The van der Waals surface area contributed by atoms with Crippen LogP contribution in [-0.2, 0) is 6.54 Å². The van der Waals surface area contributed by atoms with Gasteiger partial charge in [-0.15, -0.1) is 11.3 Å². The zero-order valence-corrected chi connectivity index (χ0v) is 16.0. The Hall–Kier alpha value is -3.45. The largest absolute Gasteiger partial charge is 0.324 e. The summed E-state index contributed by atoms with van der Waals surface area (Å²) < 4.78 is 2.13. The molecule has 4 aromatic rings. The molecule has 0 bridgehead atoms. The minimum absolute atomic E-state index is 0.361. The van der Waals surface area contributed by atoms with Crippen LogP contribution >= 0.6 is 11.3 Å². The van der Waals surface area contributed by atoms with Gasteiger partial charge in [0.15, 0.2) is 5.82 Å². The molecule has 6 nitrogen and oxygen atoms in total. The van der Waals surface area contributed by atoms with Crippen molar-refractivity contribution in [2.24, 2.45) is 0 Å². The maximum absolute atomic E-state index is 12.4. The molecule has 0 fully saturated rings. The van der Waals surface area contributed by atoms with E-state index in [0.717, 1.165) is 28.3 Å². The number of imidazole rings is 1. The summed E-state index contributed by atoms with van der Waals surface area (Å²) in [5, 5.41) is 0. The molecule has 0 spiro atoms. The van der Waals surface area contributed by atoms with Crippen LogP contribution in [0, 0.1) is 0 Å². The van der Waals surface area contributed by atoms with Gasteiger partial charge in [-0.1, -0.05) is 30.3 Å². The van der Waals surface area contributed by atoms with Crippen molar-refractivity contribution in [3.63, 3.8) is 0 Å². The van der Waals surface area contributed by atoms with E-state index in [1.165, 1.54) is 11.3 Å². The lowest BCUT2D eigenvalue weighted by Gasteiger charge is -2.06. The molecule has 4 rings (SSSR count). The van der Waals surface area contributed by atoms with Crippen LogP contribution in [0.2, 0.25) is 0 Å². The van der Waals surface area contributed by atoms with E-state index in [1.807, 2.05) is 36.4 Å². The second kappa shape index (κ2) is 7.66. The molecule has 2 amide bonds. The number of aromatic nitrogens is 2. The summed E-state index contributed by atoms with van der Waals surface area (Å²) in [6.07, 6.45) is 0. The van der Waals surface area contributed by atoms with Crippen molar-refractivity contribution in [3.8, 4) is 10.7 Å². The molecule has 0 saturated carbocycles. The number of hydrazine groups is 1. The van der Waals surface area contributed by atoms with Crippen LogP contribution in [0.15, 0.2) is 66.7 Å². The average molecular weight is 390 g/mol. The van der Waals surface area contributed by atoms with Gasteiger partial charge in [0.25, 0.3) is 11.8 Å². The van der Waals surface area contributed by atoms with E-state index in [-0.39, 0.29) is 11.8 Å². The number of benzene rings is 2. The Labute approximate surface area is 165 Å². The number of nitrogens with zero attached hydrogens (tertiary/aromatic N) is 2. The number of hydrogen-bond donors (Lipinski definition) is 2. The normalized spacial score (nSPS) is 10.8. The lowest BCUT2D eigenvalue weighted by Crippen LogP contribution is -2.41. The van der Waals surface area contributed by atoms with E-state index >= 15 is 0 Å². The molecule has 0 aliphatic carbocycles. The standard InChI is InChI=1S/C21H18N4O2S/c1-2-25-16-11-7-6-10-15(16)22-19(25)17-12-13-18(28-17)21(27)24-23-20(26)14-8-4-3-5-9-14/h3-13H,2H2,1H3,(H,23,26)(H,24,27). The van der Waals surface area contributed by atoms with Crippen molar-refractivity contribution in [1.29, 1.82) is 0 Å². The molecule has 2 aromatic carbocycles. The van der Waals surface area contributed by atoms with E-state index in [1.54, 1.807) is 30.3 Å². The van der Waals surface area contributed by atoms with E-state index in [4.69, 9.17) is 4.98 Å². The van der Waals surface area contributed by atoms with Gasteiger partial charge in [-0.05, 0) is 43.3 Å². The first-order valence-electron chi connectivity index (χ1n) is 8.88. The summed E-state index contributed by atoms with van der Waals surface area (Å²) in [5.41, 5.74) is 7.37. The summed E-state index contributed by atoms with van der Waals surface area (Å²) in [7, 11) is 0. The quantitative estimate of drug-likeness (QED) is 0.520. The Bertz CT molecular complexity index is 1150. The van der Waals surface area contributed by atoms with Crippen LogP contribution in [0.1, 0.15) is 27.0 Å². The smallest absolute Gasteiger partial charge is 0.279 e. The number of carbonyl (C=O) groups is 2. The van der Waals surface area contributed by atoms with Gasteiger partial charge >= 0.3 is 0 Å². The van der Waals surface area contributed by atoms with Crippen molar-refractivity contribution >= 4 is 34.2 Å². The number of nitrogens with one attached hydrogen (secondary N) is 2. The molecule has 140 valence electrons. The molecule has 7 heteroatoms. The number of thiophene rings is 1. The maximum atomic E-state index is 12.4. The van der Waals surface area contributed by atoms with Crippen LogP contribution in [0.4, 0.5) is 0 Å². The summed E-state index contributed by atoms with van der Waals surface area (Å²) in [6.45, 7) is 2.85. The van der Waals surface area contributed by atoms with E-state index in [0.29, 0.717) is 10.4 Å². The van der Waals surface area contributed by atoms with Crippen LogP contribution in [0.25, 0.3) is 21.7 Å². The van der Waals surface area contributed by atoms with Gasteiger partial charge < -0.3 is 4.57 Å². The summed E-state index contributed by atoms with van der Waals surface area (Å²) in [6, 6.07) is 20.3. The predicted octanol–water partition coefficient (Wildman–Crippen LogP) is 3.86. The third-order valence-corrected chi connectivity index (χ3v) is 5.43. The highest BCUT2D eigenvalue weighted by molar-refractivity contribution is 7.17. The Kier molecular flexibility index (Phi) is 4.90. The minimum Gasteiger partial charge on any atom is -0.324 e. The number of carbonyl (C=O) groups excluding carboxylic acids is 2. The molecule has 2 N–H and O–H groups in total. The highest BCUT2D eigenvalue weighted by Gasteiger charge is 2.16. The SMILES string of the molecule is CCn1c(-c2ccc(C(=O)NNC(=O)c3ccccc3)s2)nc2ccccc21. The molecular weight excluding hydrogens is 372 g/mol. The molecule has 0 aliphatic heterocycles. The summed E-state index contributed by atoms with van der Waals surface area (Å²) in [4.78, 5) is 30.6. The van der Waals surface area contributed by atoms with Crippen LogP contribution in [0.3, 0.4) is 0 Å². The maximum Gasteiger partial charge on any atom is 0.279 e. The van der Waals surface area contributed by atoms with Gasteiger partial charge in [0.1, 0.15) is 0 Å². The van der Waals surface area contributed by atoms with Gasteiger partial charge in [0.2, 0.25) is 0 Å². The number of fused-ring (bicyclic) bond motifs is 1. The molecule has 2 heterocycles. The van der Waals surface area contributed by atoms with Gasteiger partial charge in [-0.3, -0.25) is 20.4 Å². The van der Waals surface area contributed by atoms with Crippen molar-refractivity contribution < 1.29 is 9.59 Å². The average Bonchev–Trinajstić information content (AvgIpc) is 3.36. The summed E-state index contributed by atoms with van der Waals surface area (Å²) in [5.74, 6) is 0.110. The summed E-state index contributed by atoms with van der Waals surface area (Å²) >= 11 is 1.34. The predicted molar refractivity (Wildman–Crippen MR) is 110 cm³/mol. The Balaban J connectivity index is 1.51. The van der Waals surface area contributed by atoms with Crippen molar-refractivity contribution in [2.45, 2.75) is 13.5 Å². The van der Waals surface area contributed by atoms with Crippen molar-refractivity contribution in [2.75, 3.05) is 0 Å². The topological polar surface area (TPSA) is 76.0 Å². The lowest BCUT2D eigenvalue weighted by molar-refractivity contribution is 0.0849. The number of hydrogen-bond acceptors (Lipinski definition) is 4. The fraction of sp³-hybridized carbons (Fsp3) is 0.0952. The Morgan fingerprint density at radius 3 is 2.43 bits per heavy atom. The lowest BCUT2D eigenvalue weighted by atomic mass is 10.2.